The number of hydrogen-bond donors (Lipinski definition) is 1. The van der Waals surface area contributed by atoms with Crippen LogP contribution in [0.3, 0.4) is 0 Å². The summed E-state index contributed by atoms with van der Waals surface area (Å²) < 4.78 is 0. The van der Waals surface area contributed by atoms with Crippen molar-refractivity contribution >= 4 is 33.2 Å². The smallest absolute Gasteiger partial charge is 0.139 e. The van der Waals surface area contributed by atoms with Crippen molar-refractivity contribution in [1.29, 1.82) is 0 Å². The number of aromatic nitrogens is 3. The zero-order valence-electron chi connectivity index (χ0n) is 14.7. The van der Waals surface area contributed by atoms with Crippen LogP contribution in [0.5, 0.6) is 0 Å². The summed E-state index contributed by atoms with van der Waals surface area (Å²) >= 11 is 1.64. The summed E-state index contributed by atoms with van der Waals surface area (Å²) in [6, 6.07) is 14.5. The molecule has 0 spiro atoms. The largest absolute Gasteiger partial charge is 0.365 e. The van der Waals surface area contributed by atoms with Gasteiger partial charge in [-0.25, -0.2) is 15.0 Å². The Hall–Kier alpha value is -2.99. The number of hydrogen-bond acceptors (Lipinski definition) is 6. The molecule has 0 radical (unpaired) electrons. The second-order valence-corrected chi connectivity index (χ2v) is 7.05. The third-order valence-electron chi connectivity index (χ3n) is 4.18. The van der Waals surface area contributed by atoms with Crippen molar-refractivity contribution in [3.63, 3.8) is 0 Å². The van der Waals surface area contributed by atoms with Crippen LogP contribution in [-0.4, -0.2) is 29.0 Å². The molecule has 1 N–H and O–H groups in total. The maximum atomic E-state index is 4.50. The minimum atomic E-state index is 0.680. The first-order valence-corrected chi connectivity index (χ1v) is 9.24. The molecule has 0 aliphatic carbocycles. The van der Waals surface area contributed by atoms with Gasteiger partial charge in [0.1, 0.15) is 22.8 Å². The van der Waals surface area contributed by atoms with Crippen LogP contribution in [0.2, 0.25) is 0 Å². The third-order valence-corrected chi connectivity index (χ3v) is 5.07. The molecule has 0 aliphatic heterocycles. The Morgan fingerprint density at radius 1 is 1.04 bits per heavy atom. The maximum Gasteiger partial charge on any atom is 0.139 e. The van der Waals surface area contributed by atoms with Gasteiger partial charge in [-0.2, -0.15) is 0 Å². The summed E-state index contributed by atoms with van der Waals surface area (Å²) in [6.07, 6.45) is 3.45. The van der Waals surface area contributed by atoms with Crippen molar-refractivity contribution in [2.75, 3.05) is 24.3 Å². The molecule has 4 aromatic rings. The average Bonchev–Trinajstić information content (AvgIpc) is 3.12. The summed E-state index contributed by atoms with van der Waals surface area (Å²) in [5, 5.41) is 6.70. The van der Waals surface area contributed by atoms with Crippen molar-refractivity contribution in [3.8, 4) is 11.1 Å². The van der Waals surface area contributed by atoms with Crippen molar-refractivity contribution in [2.45, 2.75) is 6.54 Å². The Balaban J connectivity index is 1.67. The lowest BCUT2D eigenvalue weighted by atomic mass is 10.1. The fourth-order valence-corrected chi connectivity index (χ4v) is 3.76. The van der Waals surface area contributed by atoms with Crippen LogP contribution in [-0.2, 0) is 6.54 Å². The molecule has 3 aromatic heterocycles. The molecule has 0 aliphatic rings. The van der Waals surface area contributed by atoms with E-state index in [1.165, 1.54) is 5.56 Å². The Morgan fingerprint density at radius 2 is 1.88 bits per heavy atom. The normalized spacial score (nSPS) is 10.8. The zero-order chi connectivity index (χ0) is 17.9. The number of rotatable bonds is 5. The van der Waals surface area contributed by atoms with E-state index in [0.29, 0.717) is 6.54 Å². The molecule has 0 bridgehead atoms. The minimum absolute atomic E-state index is 0.680. The van der Waals surface area contributed by atoms with Crippen molar-refractivity contribution < 1.29 is 0 Å². The van der Waals surface area contributed by atoms with Crippen LogP contribution in [0, 0.1) is 0 Å². The molecule has 0 fully saturated rings. The molecular formula is C20H19N5S. The number of anilines is 2. The Bertz CT molecular complexity index is 1030. The number of thiophene rings is 1. The summed E-state index contributed by atoms with van der Waals surface area (Å²) in [5.41, 5.74) is 3.50. The highest BCUT2D eigenvalue weighted by Gasteiger charge is 2.13. The van der Waals surface area contributed by atoms with Gasteiger partial charge < -0.3 is 10.2 Å². The number of nitrogens with one attached hydrogen (secondary N) is 1. The molecule has 0 saturated heterocycles. The van der Waals surface area contributed by atoms with Gasteiger partial charge in [0.05, 0.1) is 5.39 Å². The van der Waals surface area contributed by atoms with E-state index in [1.807, 2.05) is 37.3 Å². The summed E-state index contributed by atoms with van der Waals surface area (Å²) in [7, 11) is 3.98. The monoisotopic (exact) mass is 361 g/mol. The molecule has 0 atom stereocenters. The van der Waals surface area contributed by atoms with Gasteiger partial charge in [-0.05, 0) is 23.3 Å². The van der Waals surface area contributed by atoms with Gasteiger partial charge in [-0.15, -0.1) is 11.3 Å². The van der Waals surface area contributed by atoms with Gasteiger partial charge in [0, 0.05) is 37.8 Å². The molecule has 3 heterocycles. The molecule has 1 aromatic carbocycles. The van der Waals surface area contributed by atoms with Crippen LogP contribution >= 0.6 is 11.3 Å². The highest BCUT2D eigenvalue weighted by Crippen LogP contribution is 2.36. The molecule has 0 amide bonds. The fraction of sp³-hybridized carbons (Fsp3) is 0.150. The Morgan fingerprint density at radius 3 is 2.69 bits per heavy atom. The minimum Gasteiger partial charge on any atom is -0.365 e. The van der Waals surface area contributed by atoms with Gasteiger partial charge in [0.15, 0.2) is 0 Å². The lowest BCUT2D eigenvalue weighted by molar-refractivity contribution is 1.04. The molecule has 26 heavy (non-hydrogen) atoms. The predicted molar refractivity (Wildman–Crippen MR) is 109 cm³/mol. The molecule has 130 valence electrons. The fourth-order valence-electron chi connectivity index (χ4n) is 2.84. The topological polar surface area (TPSA) is 53.9 Å². The van der Waals surface area contributed by atoms with E-state index in [9.17, 15) is 0 Å². The summed E-state index contributed by atoms with van der Waals surface area (Å²) in [4.78, 5) is 16.3. The zero-order valence-corrected chi connectivity index (χ0v) is 15.5. The molecule has 6 heteroatoms. The highest BCUT2D eigenvalue weighted by molar-refractivity contribution is 7.17. The second-order valence-electron chi connectivity index (χ2n) is 6.19. The maximum absolute atomic E-state index is 4.50. The number of benzene rings is 1. The average molecular weight is 361 g/mol. The van der Waals surface area contributed by atoms with Crippen LogP contribution in [0.4, 0.5) is 11.6 Å². The van der Waals surface area contributed by atoms with Gasteiger partial charge >= 0.3 is 0 Å². The highest BCUT2D eigenvalue weighted by atomic mass is 32.1. The van der Waals surface area contributed by atoms with E-state index in [1.54, 1.807) is 17.7 Å². The van der Waals surface area contributed by atoms with E-state index in [2.05, 4.69) is 56.0 Å². The van der Waals surface area contributed by atoms with Crippen LogP contribution < -0.4 is 10.2 Å². The van der Waals surface area contributed by atoms with Crippen molar-refractivity contribution in [2.24, 2.45) is 0 Å². The second kappa shape index (κ2) is 7.09. The Labute approximate surface area is 156 Å². The van der Waals surface area contributed by atoms with E-state index in [0.717, 1.165) is 33.0 Å². The molecule has 0 saturated carbocycles. The van der Waals surface area contributed by atoms with E-state index >= 15 is 0 Å². The lowest BCUT2D eigenvalue weighted by Crippen LogP contribution is -2.11. The Kier molecular flexibility index (Phi) is 4.50. The molecule has 0 unspecified atom stereocenters. The predicted octanol–water partition coefficient (Wildman–Crippen LogP) is 4.43. The lowest BCUT2D eigenvalue weighted by Gasteiger charge is -2.13. The van der Waals surface area contributed by atoms with Crippen molar-refractivity contribution in [1.82, 2.24) is 15.0 Å². The first-order chi connectivity index (χ1) is 12.7. The molecule has 4 rings (SSSR count). The first kappa shape index (κ1) is 16.5. The van der Waals surface area contributed by atoms with Gasteiger partial charge in [0.2, 0.25) is 0 Å². The van der Waals surface area contributed by atoms with E-state index in [-0.39, 0.29) is 0 Å². The SMILES string of the molecule is CN(C)c1cc(CNc2ncnc3scc(-c4ccccc4)c23)ccn1. The van der Waals surface area contributed by atoms with Crippen molar-refractivity contribution in [3.05, 3.63) is 65.9 Å². The quantitative estimate of drug-likeness (QED) is 0.570. The van der Waals surface area contributed by atoms with Gasteiger partial charge in [-0.1, -0.05) is 30.3 Å². The van der Waals surface area contributed by atoms with Crippen LogP contribution in [0.25, 0.3) is 21.3 Å². The first-order valence-electron chi connectivity index (χ1n) is 8.36. The summed E-state index contributed by atoms with van der Waals surface area (Å²) in [5.74, 6) is 1.80. The van der Waals surface area contributed by atoms with Crippen LogP contribution in [0.15, 0.2) is 60.4 Å². The van der Waals surface area contributed by atoms with E-state index in [4.69, 9.17) is 0 Å². The van der Waals surface area contributed by atoms with E-state index < -0.39 is 0 Å². The van der Waals surface area contributed by atoms with Crippen LogP contribution in [0.1, 0.15) is 5.56 Å². The number of nitrogens with zero attached hydrogens (tertiary/aromatic N) is 4. The number of fused-ring (bicyclic) bond motifs is 1. The summed E-state index contributed by atoms with van der Waals surface area (Å²) in [6.45, 7) is 0.680. The number of pyridine rings is 1. The third kappa shape index (κ3) is 3.23. The molecular weight excluding hydrogens is 342 g/mol. The van der Waals surface area contributed by atoms with Gasteiger partial charge in [0.25, 0.3) is 0 Å². The molecule has 5 nitrogen and oxygen atoms in total. The van der Waals surface area contributed by atoms with Gasteiger partial charge in [-0.3, -0.25) is 0 Å². The standard InChI is InChI=1S/C20H19N5S/c1-25(2)17-10-14(8-9-21-17)11-22-19-18-16(15-6-4-3-5-7-15)12-26-20(18)24-13-23-19/h3-10,12-13H,11H2,1-2H3,(H,22,23,24).